The molecule has 0 spiro atoms. The SMILES string of the molecule is NCCS(=O)(=O)Nc1ccc(F)c(Cl)c1. The standard InChI is InChI=1S/C8H10ClFN2O2S/c9-7-5-6(1-2-8(7)10)12-15(13,14)4-3-11/h1-2,5,12H,3-4,11H2. The van der Waals surface area contributed by atoms with Crippen molar-refractivity contribution in [2.75, 3.05) is 17.0 Å². The molecular weight excluding hydrogens is 243 g/mol. The molecule has 84 valence electrons. The van der Waals surface area contributed by atoms with Crippen LogP contribution in [0.1, 0.15) is 0 Å². The van der Waals surface area contributed by atoms with Crippen LogP contribution < -0.4 is 10.5 Å². The highest BCUT2D eigenvalue weighted by molar-refractivity contribution is 7.92. The molecule has 0 saturated heterocycles. The van der Waals surface area contributed by atoms with E-state index in [0.29, 0.717) is 0 Å². The van der Waals surface area contributed by atoms with Gasteiger partial charge in [0.1, 0.15) is 5.82 Å². The molecule has 15 heavy (non-hydrogen) atoms. The fraction of sp³-hybridized carbons (Fsp3) is 0.250. The second-order valence-corrected chi connectivity index (χ2v) is 5.09. The number of nitrogens with two attached hydrogens (primary N) is 1. The maximum atomic E-state index is 12.8. The minimum atomic E-state index is -3.47. The van der Waals surface area contributed by atoms with Crippen LogP contribution in [0, 0.1) is 5.82 Å². The zero-order valence-corrected chi connectivity index (χ0v) is 9.28. The maximum absolute atomic E-state index is 12.8. The van der Waals surface area contributed by atoms with Crippen molar-refractivity contribution < 1.29 is 12.8 Å². The van der Waals surface area contributed by atoms with Gasteiger partial charge in [-0.25, -0.2) is 12.8 Å². The quantitative estimate of drug-likeness (QED) is 0.845. The Morgan fingerprint density at radius 1 is 1.47 bits per heavy atom. The molecule has 0 radical (unpaired) electrons. The van der Waals surface area contributed by atoms with Gasteiger partial charge in [-0.15, -0.1) is 0 Å². The number of benzene rings is 1. The Kier molecular flexibility index (Phi) is 3.90. The summed E-state index contributed by atoms with van der Waals surface area (Å²) in [7, 11) is -3.47. The van der Waals surface area contributed by atoms with Gasteiger partial charge < -0.3 is 5.73 Å². The highest BCUT2D eigenvalue weighted by atomic mass is 35.5. The first-order valence-corrected chi connectivity index (χ1v) is 6.13. The van der Waals surface area contributed by atoms with Crippen molar-refractivity contribution in [2.24, 2.45) is 5.73 Å². The van der Waals surface area contributed by atoms with Crippen LogP contribution in [0.3, 0.4) is 0 Å². The molecule has 0 aliphatic carbocycles. The van der Waals surface area contributed by atoms with Crippen molar-refractivity contribution in [3.63, 3.8) is 0 Å². The lowest BCUT2D eigenvalue weighted by Crippen LogP contribution is -2.22. The molecule has 7 heteroatoms. The molecule has 1 aromatic rings. The zero-order chi connectivity index (χ0) is 11.5. The van der Waals surface area contributed by atoms with E-state index in [1.54, 1.807) is 0 Å². The van der Waals surface area contributed by atoms with Crippen LogP contribution in [0.2, 0.25) is 5.02 Å². The molecule has 0 bridgehead atoms. The summed E-state index contributed by atoms with van der Waals surface area (Å²) in [6.45, 7) is 0.0181. The summed E-state index contributed by atoms with van der Waals surface area (Å²) < 4.78 is 37.5. The van der Waals surface area contributed by atoms with Crippen LogP contribution in [-0.4, -0.2) is 20.7 Å². The van der Waals surface area contributed by atoms with Crippen molar-refractivity contribution in [3.8, 4) is 0 Å². The minimum absolute atomic E-state index is 0.0181. The van der Waals surface area contributed by atoms with E-state index in [2.05, 4.69) is 4.72 Å². The van der Waals surface area contributed by atoms with Crippen LogP contribution in [0.25, 0.3) is 0 Å². The lowest BCUT2D eigenvalue weighted by Gasteiger charge is -2.07. The van der Waals surface area contributed by atoms with E-state index in [4.69, 9.17) is 17.3 Å². The smallest absolute Gasteiger partial charge is 0.233 e. The molecule has 0 atom stereocenters. The van der Waals surface area contributed by atoms with E-state index in [-0.39, 0.29) is 23.0 Å². The average Bonchev–Trinajstić information content (AvgIpc) is 2.10. The molecule has 0 heterocycles. The summed E-state index contributed by atoms with van der Waals surface area (Å²) in [6, 6.07) is 3.57. The van der Waals surface area contributed by atoms with Gasteiger partial charge in [0, 0.05) is 6.54 Å². The molecule has 0 fully saturated rings. The summed E-state index contributed by atoms with van der Waals surface area (Å²) in [4.78, 5) is 0. The summed E-state index contributed by atoms with van der Waals surface area (Å²) in [5, 5.41) is -0.136. The van der Waals surface area contributed by atoms with E-state index < -0.39 is 15.8 Å². The molecule has 1 aromatic carbocycles. The third-order valence-corrected chi connectivity index (χ3v) is 3.19. The predicted molar refractivity (Wildman–Crippen MR) is 57.9 cm³/mol. The van der Waals surface area contributed by atoms with Crippen LogP contribution in [0.15, 0.2) is 18.2 Å². The van der Waals surface area contributed by atoms with E-state index in [0.717, 1.165) is 6.07 Å². The molecule has 3 N–H and O–H groups in total. The van der Waals surface area contributed by atoms with E-state index in [9.17, 15) is 12.8 Å². The molecular formula is C8H10ClFN2O2S. The predicted octanol–water partition coefficient (Wildman–Crippen LogP) is 1.18. The van der Waals surface area contributed by atoms with E-state index in [1.165, 1.54) is 12.1 Å². The van der Waals surface area contributed by atoms with Crippen LogP contribution in [0.4, 0.5) is 10.1 Å². The lowest BCUT2D eigenvalue weighted by atomic mass is 10.3. The van der Waals surface area contributed by atoms with Gasteiger partial charge in [-0.3, -0.25) is 4.72 Å². The number of halogens is 2. The van der Waals surface area contributed by atoms with Crippen molar-refractivity contribution in [3.05, 3.63) is 29.0 Å². The number of rotatable bonds is 4. The van der Waals surface area contributed by atoms with Gasteiger partial charge in [0.05, 0.1) is 16.5 Å². The fourth-order valence-corrected chi connectivity index (χ4v) is 2.02. The highest BCUT2D eigenvalue weighted by Gasteiger charge is 2.09. The molecule has 0 amide bonds. The Morgan fingerprint density at radius 2 is 2.13 bits per heavy atom. The van der Waals surface area contributed by atoms with Crippen LogP contribution in [0.5, 0.6) is 0 Å². The van der Waals surface area contributed by atoms with Crippen LogP contribution in [-0.2, 0) is 10.0 Å². The van der Waals surface area contributed by atoms with Gasteiger partial charge in [0.2, 0.25) is 10.0 Å². The number of nitrogens with one attached hydrogen (secondary N) is 1. The number of hydrogen-bond acceptors (Lipinski definition) is 3. The molecule has 0 unspecified atom stereocenters. The maximum Gasteiger partial charge on any atom is 0.233 e. The third kappa shape index (κ3) is 3.65. The Hall–Kier alpha value is -0.850. The highest BCUT2D eigenvalue weighted by Crippen LogP contribution is 2.19. The molecule has 0 aromatic heterocycles. The summed E-state index contributed by atoms with van der Waals surface area (Å²) in [5.41, 5.74) is 5.33. The van der Waals surface area contributed by atoms with Gasteiger partial charge in [0.25, 0.3) is 0 Å². The first kappa shape index (κ1) is 12.2. The zero-order valence-electron chi connectivity index (χ0n) is 7.70. The largest absolute Gasteiger partial charge is 0.329 e. The molecule has 0 aliphatic heterocycles. The van der Waals surface area contributed by atoms with Gasteiger partial charge in [-0.05, 0) is 18.2 Å². The molecule has 0 aliphatic rings. The van der Waals surface area contributed by atoms with Crippen LogP contribution >= 0.6 is 11.6 Å². The van der Waals surface area contributed by atoms with Crippen molar-refractivity contribution in [1.82, 2.24) is 0 Å². The Balaban J connectivity index is 2.86. The Labute approximate surface area is 92.3 Å². The van der Waals surface area contributed by atoms with Crippen molar-refractivity contribution >= 4 is 27.3 Å². The van der Waals surface area contributed by atoms with Crippen molar-refractivity contribution in [2.45, 2.75) is 0 Å². The third-order valence-electron chi connectivity index (χ3n) is 1.58. The summed E-state index contributed by atoms with van der Waals surface area (Å²) in [5.74, 6) is -0.791. The monoisotopic (exact) mass is 252 g/mol. The Morgan fingerprint density at radius 3 is 2.67 bits per heavy atom. The number of hydrogen-bond donors (Lipinski definition) is 2. The number of anilines is 1. The second-order valence-electron chi connectivity index (χ2n) is 2.84. The first-order valence-electron chi connectivity index (χ1n) is 4.10. The average molecular weight is 253 g/mol. The fourth-order valence-electron chi connectivity index (χ4n) is 0.945. The molecule has 0 saturated carbocycles. The Bertz CT molecular complexity index is 450. The topological polar surface area (TPSA) is 72.2 Å². The van der Waals surface area contributed by atoms with E-state index >= 15 is 0 Å². The van der Waals surface area contributed by atoms with Gasteiger partial charge in [-0.1, -0.05) is 11.6 Å². The minimum Gasteiger partial charge on any atom is -0.329 e. The molecule has 1 rings (SSSR count). The van der Waals surface area contributed by atoms with E-state index in [1.807, 2.05) is 0 Å². The molecule has 4 nitrogen and oxygen atoms in total. The summed E-state index contributed by atoms with van der Waals surface area (Å²) >= 11 is 5.49. The van der Waals surface area contributed by atoms with Gasteiger partial charge in [-0.2, -0.15) is 0 Å². The van der Waals surface area contributed by atoms with Crippen molar-refractivity contribution in [1.29, 1.82) is 0 Å². The van der Waals surface area contributed by atoms with Gasteiger partial charge in [0.15, 0.2) is 0 Å². The lowest BCUT2D eigenvalue weighted by molar-refractivity contribution is 0.601. The second kappa shape index (κ2) is 4.78. The normalized spacial score (nSPS) is 11.4. The number of sulfonamides is 1. The van der Waals surface area contributed by atoms with Gasteiger partial charge >= 0.3 is 0 Å². The first-order chi connectivity index (χ1) is 6.94. The summed E-state index contributed by atoms with van der Waals surface area (Å²) in [6.07, 6.45) is 0.